The summed E-state index contributed by atoms with van der Waals surface area (Å²) in [5.41, 5.74) is 0.954. The van der Waals surface area contributed by atoms with E-state index in [4.69, 9.17) is 9.57 Å². The molecule has 0 saturated heterocycles. The molecule has 1 rings (SSSR count). The van der Waals surface area contributed by atoms with Gasteiger partial charge in [0.15, 0.2) is 0 Å². The molecule has 0 spiro atoms. The standard InChI is InChI=1S/C11H15NO3/c1-3-15-12(2)11(13)14-9-10-7-5-4-6-8-10/h4-8H,3,9H2,1-2H3. The number of hydrogen-bond donors (Lipinski definition) is 0. The van der Waals surface area contributed by atoms with Crippen LogP contribution >= 0.6 is 0 Å². The summed E-state index contributed by atoms with van der Waals surface area (Å²) in [7, 11) is 1.52. The summed E-state index contributed by atoms with van der Waals surface area (Å²) in [5, 5.41) is 1.09. The number of benzene rings is 1. The number of carbonyl (C=O) groups is 1. The Morgan fingerprint density at radius 2 is 2.00 bits per heavy atom. The number of carbonyl (C=O) groups excluding carboxylic acids is 1. The van der Waals surface area contributed by atoms with Crippen LogP contribution in [0.5, 0.6) is 0 Å². The van der Waals surface area contributed by atoms with E-state index in [-0.39, 0.29) is 6.61 Å². The molecule has 0 fully saturated rings. The molecule has 0 N–H and O–H groups in total. The predicted octanol–water partition coefficient (Wildman–Crippen LogP) is 2.21. The second kappa shape index (κ2) is 6.03. The van der Waals surface area contributed by atoms with Crippen molar-refractivity contribution in [3.63, 3.8) is 0 Å². The van der Waals surface area contributed by atoms with Gasteiger partial charge in [0.2, 0.25) is 0 Å². The van der Waals surface area contributed by atoms with Gasteiger partial charge in [0, 0.05) is 7.05 Å². The molecule has 0 bridgehead atoms. The zero-order chi connectivity index (χ0) is 11.1. The molecule has 0 heterocycles. The van der Waals surface area contributed by atoms with Crippen molar-refractivity contribution in [1.82, 2.24) is 5.06 Å². The van der Waals surface area contributed by atoms with E-state index in [1.807, 2.05) is 30.3 Å². The van der Waals surface area contributed by atoms with Gasteiger partial charge < -0.3 is 4.74 Å². The van der Waals surface area contributed by atoms with E-state index >= 15 is 0 Å². The van der Waals surface area contributed by atoms with Crippen molar-refractivity contribution >= 4 is 6.09 Å². The van der Waals surface area contributed by atoms with Gasteiger partial charge in [-0.05, 0) is 12.5 Å². The molecule has 0 radical (unpaired) electrons. The van der Waals surface area contributed by atoms with Crippen molar-refractivity contribution in [1.29, 1.82) is 0 Å². The summed E-state index contributed by atoms with van der Waals surface area (Å²) in [6, 6.07) is 9.50. The number of ether oxygens (including phenoxy) is 1. The van der Waals surface area contributed by atoms with E-state index in [1.54, 1.807) is 6.92 Å². The fraction of sp³-hybridized carbons (Fsp3) is 0.364. The Balaban J connectivity index is 2.34. The smallest absolute Gasteiger partial charge is 0.433 e. The fourth-order valence-corrected chi connectivity index (χ4v) is 1.06. The lowest BCUT2D eigenvalue weighted by Crippen LogP contribution is -2.27. The van der Waals surface area contributed by atoms with E-state index in [1.165, 1.54) is 7.05 Å². The van der Waals surface area contributed by atoms with Crippen LogP contribution in [0.3, 0.4) is 0 Å². The van der Waals surface area contributed by atoms with Gasteiger partial charge in [-0.15, -0.1) is 0 Å². The normalized spacial score (nSPS) is 9.73. The second-order valence-corrected chi connectivity index (χ2v) is 2.96. The minimum atomic E-state index is -0.485. The first kappa shape index (κ1) is 11.5. The summed E-state index contributed by atoms with van der Waals surface area (Å²) in [6.45, 7) is 2.51. The van der Waals surface area contributed by atoms with Crippen LogP contribution in [-0.4, -0.2) is 24.8 Å². The summed E-state index contributed by atoms with van der Waals surface area (Å²) < 4.78 is 5.00. The van der Waals surface area contributed by atoms with Crippen LogP contribution in [0.4, 0.5) is 4.79 Å². The Bertz CT molecular complexity index is 300. The molecule has 0 unspecified atom stereocenters. The van der Waals surface area contributed by atoms with E-state index in [9.17, 15) is 4.79 Å². The molecule has 1 aromatic carbocycles. The molecule has 4 nitrogen and oxygen atoms in total. The summed E-state index contributed by atoms with van der Waals surface area (Å²) in [5.74, 6) is 0. The fourth-order valence-electron chi connectivity index (χ4n) is 1.06. The third-order valence-corrected chi connectivity index (χ3v) is 1.78. The number of amides is 1. The zero-order valence-corrected chi connectivity index (χ0v) is 8.97. The molecule has 0 aliphatic heterocycles. The maximum atomic E-state index is 11.3. The highest BCUT2D eigenvalue weighted by atomic mass is 16.7. The van der Waals surface area contributed by atoms with Gasteiger partial charge in [-0.2, -0.15) is 5.06 Å². The molecule has 15 heavy (non-hydrogen) atoms. The van der Waals surface area contributed by atoms with Gasteiger partial charge >= 0.3 is 6.09 Å². The van der Waals surface area contributed by atoms with Gasteiger partial charge in [-0.25, -0.2) is 4.79 Å². The van der Waals surface area contributed by atoms with E-state index in [0.29, 0.717) is 6.61 Å². The molecule has 0 atom stereocenters. The van der Waals surface area contributed by atoms with Crippen molar-refractivity contribution in [2.75, 3.05) is 13.7 Å². The van der Waals surface area contributed by atoms with Gasteiger partial charge in [0.05, 0.1) is 6.61 Å². The zero-order valence-electron chi connectivity index (χ0n) is 8.97. The number of nitrogens with zero attached hydrogens (tertiary/aromatic N) is 1. The Labute approximate surface area is 89.4 Å². The van der Waals surface area contributed by atoms with Gasteiger partial charge in [0.1, 0.15) is 6.61 Å². The average Bonchev–Trinajstić information content (AvgIpc) is 2.27. The summed E-state index contributed by atoms with van der Waals surface area (Å²) in [6.07, 6.45) is -0.485. The first-order valence-electron chi connectivity index (χ1n) is 4.81. The van der Waals surface area contributed by atoms with Gasteiger partial charge in [-0.1, -0.05) is 30.3 Å². The van der Waals surface area contributed by atoms with Crippen LogP contribution in [0.1, 0.15) is 12.5 Å². The molecule has 0 aromatic heterocycles. The van der Waals surface area contributed by atoms with Crippen LogP contribution in [0.2, 0.25) is 0 Å². The number of rotatable bonds is 4. The van der Waals surface area contributed by atoms with Crippen LogP contribution in [0.25, 0.3) is 0 Å². The van der Waals surface area contributed by atoms with Crippen molar-refractivity contribution in [2.45, 2.75) is 13.5 Å². The lowest BCUT2D eigenvalue weighted by atomic mass is 10.2. The lowest BCUT2D eigenvalue weighted by Gasteiger charge is -2.15. The van der Waals surface area contributed by atoms with Crippen molar-refractivity contribution in [3.8, 4) is 0 Å². The monoisotopic (exact) mass is 209 g/mol. The van der Waals surface area contributed by atoms with Gasteiger partial charge in [0.25, 0.3) is 0 Å². The third-order valence-electron chi connectivity index (χ3n) is 1.78. The molecule has 0 aliphatic rings. The predicted molar refractivity (Wildman–Crippen MR) is 56.0 cm³/mol. The molecule has 1 amide bonds. The molecule has 82 valence electrons. The molecule has 1 aromatic rings. The highest BCUT2D eigenvalue weighted by Gasteiger charge is 2.09. The van der Waals surface area contributed by atoms with E-state index in [2.05, 4.69) is 0 Å². The molecule has 0 saturated carbocycles. The van der Waals surface area contributed by atoms with Crippen molar-refractivity contribution < 1.29 is 14.4 Å². The first-order valence-corrected chi connectivity index (χ1v) is 4.81. The quantitative estimate of drug-likeness (QED) is 0.713. The molecular formula is C11H15NO3. The highest BCUT2D eigenvalue weighted by Crippen LogP contribution is 2.02. The van der Waals surface area contributed by atoms with Crippen molar-refractivity contribution in [2.24, 2.45) is 0 Å². The molecule has 4 heteroatoms. The third kappa shape index (κ3) is 3.99. The summed E-state index contributed by atoms with van der Waals surface area (Å²) in [4.78, 5) is 16.2. The minimum Gasteiger partial charge on any atom is -0.443 e. The highest BCUT2D eigenvalue weighted by molar-refractivity contribution is 5.65. The van der Waals surface area contributed by atoms with Crippen LogP contribution in [0, 0.1) is 0 Å². The molecular weight excluding hydrogens is 194 g/mol. The number of hydrogen-bond acceptors (Lipinski definition) is 3. The van der Waals surface area contributed by atoms with E-state index in [0.717, 1.165) is 10.6 Å². The average molecular weight is 209 g/mol. The minimum absolute atomic E-state index is 0.261. The lowest BCUT2D eigenvalue weighted by molar-refractivity contribution is -0.115. The summed E-state index contributed by atoms with van der Waals surface area (Å²) >= 11 is 0. The first-order chi connectivity index (χ1) is 7.24. The topological polar surface area (TPSA) is 38.8 Å². The Morgan fingerprint density at radius 1 is 1.33 bits per heavy atom. The van der Waals surface area contributed by atoms with Crippen LogP contribution < -0.4 is 0 Å². The largest absolute Gasteiger partial charge is 0.443 e. The molecule has 0 aliphatic carbocycles. The Kier molecular flexibility index (Phi) is 4.63. The Hall–Kier alpha value is -1.55. The van der Waals surface area contributed by atoms with E-state index < -0.39 is 6.09 Å². The second-order valence-electron chi connectivity index (χ2n) is 2.96. The van der Waals surface area contributed by atoms with Crippen LogP contribution in [-0.2, 0) is 16.2 Å². The maximum Gasteiger partial charge on any atom is 0.433 e. The Morgan fingerprint density at radius 3 is 2.60 bits per heavy atom. The van der Waals surface area contributed by atoms with Crippen molar-refractivity contribution in [3.05, 3.63) is 35.9 Å². The number of hydroxylamine groups is 2. The SMILES string of the molecule is CCON(C)C(=O)OCc1ccccc1. The van der Waals surface area contributed by atoms with Gasteiger partial charge in [-0.3, -0.25) is 4.84 Å². The van der Waals surface area contributed by atoms with Crippen LogP contribution in [0.15, 0.2) is 30.3 Å². The maximum absolute atomic E-state index is 11.3.